The van der Waals surface area contributed by atoms with Gasteiger partial charge >= 0.3 is 0 Å². The quantitative estimate of drug-likeness (QED) is 0.594. The van der Waals surface area contributed by atoms with Gasteiger partial charge in [-0.2, -0.15) is 0 Å². The average molecular weight is 167 g/mol. The zero-order chi connectivity index (χ0) is 9.30. The molecule has 0 aromatic carbocycles. The molecule has 1 saturated carbocycles. The van der Waals surface area contributed by atoms with Gasteiger partial charge in [-0.3, -0.25) is 4.79 Å². The Kier molecular flexibility index (Phi) is 2.55. The van der Waals surface area contributed by atoms with Gasteiger partial charge in [-0.15, -0.1) is 0 Å². The summed E-state index contributed by atoms with van der Waals surface area (Å²) in [7, 11) is 3.84. The van der Waals surface area contributed by atoms with Crippen LogP contribution >= 0.6 is 0 Å². The maximum absolute atomic E-state index is 11.4. The van der Waals surface area contributed by atoms with Crippen LogP contribution in [0.2, 0.25) is 0 Å². The van der Waals surface area contributed by atoms with Crippen molar-refractivity contribution in [3.63, 3.8) is 0 Å². The summed E-state index contributed by atoms with van der Waals surface area (Å²) in [6.45, 7) is 4.27. The van der Waals surface area contributed by atoms with Crippen molar-refractivity contribution in [2.45, 2.75) is 13.8 Å². The maximum Gasteiger partial charge on any atom is 0.160 e. The molecule has 0 saturated heterocycles. The Morgan fingerprint density at radius 3 is 2.08 bits per heavy atom. The van der Waals surface area contributed by atoms with Crippen LogP contribution in [0.15, 0.2) is 12.3 Å². The van der Waals surface area contributed by atoms with Crippen molar-refractivity contribution in [3.8, 4) is 0 Å². The lowest BCUT2D eigenvalue weighted by atomic mass is 10.2. The molecule has 0 radical (unpaired) electrons. The van der Waals surface area contributed by atoms with Crippen LogP contribution < -0.4 is 0 Å². The standard InChI is InChI=1S/C10H17NO/c1-7-8(2)10(7)9(12)5-6-11(3)4/h5-8,10H,1-4H3/b6-5+. The van der Waals surface area contributed by atoms with E-state index in [2.05, 4.69) is 13.8 Å². The number of hydrogen-bond acceptors (Lipinski definition) is 2. The van der Waals surface area contributed by atoms with Gasteiger partial charge in [0.25, 0.3) is 0 Å². The second-order valence-corrected chi connectivity index (χ2v) is 3.93. The fraction of sp³-hybridized carbons (Fsp3) is 0.700. The number of nitrogens with zero attached hydrogens (tertiary/aromatic N) is 1. The monoisotopic (exact) mass is 167 g/mol. The van der Waals surface area contributed by atoms with E-state index in [4.69, 9.17) is 0 Å². The minimum atomic E-state index is 0.281. The van der Waals surface area contributed by atoms with Crippen molar-refractivity contribution < 1.29 is 4.79 Å². The first-order valence-electron chi connectivity index (χ1n) is 4.42. The first-order chi connectivity index (χ1) is 5.54. The van der Waals surface area contributed by atoms with Crippen LogP contribution in [0.25, 0.3) is 0 Å². The zero-order valence-electron chi connectivity index (χ0n) is 8.24. The molecule has 0 N–H and O–H groups in total. The smallest absolute Gasteiger partial charge is 0.160 e. The highest BCUT2D eigenvalue weighted by atomic mass is 16.1. The van der Waals surface area contributed by atoms with Crippen molar-refractivity contribution in [2.24, 2.45) is 17.8 Å². The Morgan fingerprint density at radius 1 is 1.25 bits per heavy atom. The maximum atomic E-state index is 11.4. The van der Waals surface area contributed by atoms with Crippen LogP contribution in [-0.2, 0) is 4.79 Å². The molecule has 2 atom stereocenters. The summed E-state index contributed by atoms with van der Waals surface area (Å²) in [4.78, 5) is 13.3. The van der Waals surface area contributed by atoms with Gasteiger partial charge in [0.2, 0.25) is 0 Å². The SMILES string of the molecule is CC1C(C)C1C(=O)/C=C/N(C)C. The Labute approximate surface area is 74.2 Å². The van der Waals surface area contributed by atoms with Crippen LogP contribution in [0, 0.1) is 17.8 Å². The summed E-state index contributed by atoms with van der Waals surface area (Å²) in [5.74, 6) is 1.75. The van der Waals surface area contributed by atoms with Crippen LogP contribution in [0.1, 0.15) is 13.8 Å². The van der Waals surface area contributed by atoms with Gasteiger partial charge in [0.15, 0.2) is 5.78 Å². The third-order valence-corrected chi connectivity index (χ3v) is 2.69. The van der Waals surface area contributed by atoms with E-state index in [1.165, 1.54) is 0 Å². The fourth-order valence-corrected chi connectivity index (χ4v) is 1.51. The normalized spacial score (nSPS) is 33.8. The predicted molar refractivity (Wildman–Crippen MR) is 49.7 cm³/mol. The van der Waals surface area contributed by atoms with Gasteiger partial charge in [0.05, 0.1) is 0 Å². The Hall–Kier alpha value is -0.790. The van der Waals surface area contributed by atoms with Gasteiger partial charge in [-0.05, 0) is 17.9 Å². The Balaban J connectivity index is 2.41. The molecule has 0 amide bonds. The largest absolute Gasteiger partial charge is 0.383 e. The molecule has 1 fully saturated rings. The molecule has 2 heteroatoms. The highest BCUT2D eigenvalue weighted by molar-refractivity contribution is 5.94. The molecule has 0 aliphatic heterocycles. The molecule has 1 rings (SSSR count). The van der Waals surface area contributed by atoms with Crippen molar-refractivity contribution in [1.29, 1.82) is 0 Å². The molecule has 0 aromatic heterocycles. The molecule has 12 heavy (non-hydrogen) atoms. The Bertz CT molecular complexity index is 200. The molecule has 1 aliphatic rings. The summed E-state index contributed by atoms with van der Waals surface area (Å²) in [6.07, 6.45) is 3.50. The number of carbonyl (C=O) groups excluding carboxylic acids is 1. The first-order valence-corrected chi connectivity index (χ1v) is 4.42. The van der Waals surface area contributed by atoms with Crippen LogP contribution in [-0.4, -0.2) is 24.8 Å². The van der Waals surface area contributed by atoms with E-state index in [0.29, 0.717) is 17.8 Å². The summed E-state index contributed by atoms with van der Waals surface area (Å²) in [6, 6.07) is 0. The minimum absolute atomic E-state index is 0.281. The van der Waals surface area contributed by atoms with E-state index in [1.54, 1.807) is 6.08 Å². The van der Waals surface area contributed by atoms with Crippen molar-refractivity contribution in [1.82, 2.24) is 4.90 Å². The molecule has 2 nitrogen and oxygen atoms in total. The molecule has 0 spiro atoms. The number of allylic oxidation sites excluding steroid dienone is 1. The van der Waals surface area contributed by atoms with E-state index in [-0.39, 0.29) is 5.78 Å². The summed E-state index contributed by atoms with van der Waals surface area (Å²) >= 11 is 0. The predicted octanol–water partition coefficient (Wildman–Crippen LogP) is 1.53. The van der Waals surface area contributed by atoms with Gasteiger partial charge in [-0.25, -0.2) is 0 Å². The second kappa shape index (κ2) is 3.30. The number of rotatable bonds is 3. The number of ketones is 1. The molecule has 0 aromatic rings. The third kappa shape index (κ3) is 1.87. The molecule has 0 bridgehead atoms. The van der Waals surface area contributed by atoms with Gasteiger partial charge in [0.1, 0.15) is 0 Å². The molecule has 68 valence electrons. The van der Waals surface area contributed by atoms with E-state index < -0.39 is 0 Å². The van der Waals surface area contributed by atoms with Crippen LogP contribution in [0.5, 0.6) is 0 Å². The fourth-order valence-electron chi connectivity index (χ4n) is 1.51. The van der Waals surface area contributed by atoms with Crippen LogP contribution in [0.4, 0.5) is 0 Å². The highest BCUT2D eigenvalue weighted by Gasteiger charge is 2.46. The average Bonchev–Trinajstić information content (AvgIpc) is 2.56. The Morgan fingerprint density at radius 2 is 1.75 bits per heavy atom. The molecular weight excluding hydrogens is 150 g/mol. The first kappa shape index (κ1) is 9.30. The van der Waals surface area contributed by atoms with E-state index in [9.17, 15) is 4.79 Å². The second-order valence-electron chi connectivity index (χ2n) is 3.93. The van der Waals surface area contributed by atoms with Gasteiger partial charge in [0, 0.05) is 26.2 Å². The summed E-state index contributed by atoms with van der Waals surface area (Å²) < 4.78 is 0. The van der Waals surface area contributed by atoms with Crippen molar-refractivity contribution >= 4 is 5.78 Å². The lowest BCUT2D eigenvalue weighted by Gasteiger charge is -2.01. The van der Waals surface area contributed by atoms with Gasteiger partial charge in [-0.1, -0.05) is 13.8 Å². The summed E-state index contributed by atoms with van der Waals surface area (Å²) in [5.41, 5.74) is 0. The molecule has 1 aliphatic carbocycles. The lowest BCUT2D eigenvalue weighted by Crippen LogP contribution is -2.04. The van der Waals surface area contributed by atoms with Crippen molar-refractivity contribution in [2.75, 3.05) is 14.1 Å². The van der Waals surface area contributed by atoms with Crippen LogP contribution in [0.3, 0.4) is 0 Å². The van der Waals surface area contributed by atoms with E-state index in [1.807, 2.05) is 25.2 Å². The molecule has 0 heterocycles. The van der Waals surface area contributed by atoms with Crippen molar-refractivity contribution in [3.05, 3.63) is 12.3 Å². The number of hydrogen-bond donors (Lipinski definition) is 0. The lowest BCUT2D eigenvalue weighted by molar-refractivity contribution is -0.116. The number of carbonyl (C=O) groups is 1. The minimum Gasteiger partial charge on any atom is -0.383 e. The third-order valence-electron chi connectivity index (χ3n) is 2.69. The summed E-state index contributed by atoms with van der Waals surface area (Å²) in [5, 5.41) is 0. The van der Waals surface area contributed by atoms with E-state index >= 15 is 0 Å². The molecule has 2 unspecified atom stereocenters. The zero-order valence-corrected chi connectivity index (χ0v) is 8.24. The topological polar surface area (TPSA) is 20.3 Å². The van der Waals surface area contributed by atoms with Gasteiger partial charge < -0.3 is 4.90 Å². The molecular formula is C10H17NO. The van der Waals surface area contributed by atoms with E-state index in [0.717, 1.165) is 0 Å². The highest BCUT2D eigenvalue weighted by Crippen LogP contribution is 2.46.